The van der Waals surface area contributed by atoms with Gasteiger partial charge >= 0.3 is 0 Å². The molecule has 0 aliphatic carbocycles. The number of nitrogens with one attached hydrogen (secondary N) is 1. The number of hydrogen-bond acceptors (Lipinski definition) is 3. The molecule has 6 heteroatoms. The van der Waals surface area contributed by atoms with Gasteiger partial charge in [-0.3, -0.25) is 5.10 Å². The molecular formula is C10H11ClN2O2S. The Morgan fingerprint density at radius 1 is 1.38 bits per heavy atom. The fourth-order valence-corrected chi connectivity index (χ4v) is 2.38. The molecule has 2 rings (SSSR count). The molecule has 0 amide bonds. The fraction of sp³-hybridized carbons (Fsp3) is 0.300. The van der Waals surface area contributed by atoms with Crippen molar-refractivity contribution in [1.82, 2.24) is 10.2 Å². The summed E-state index contributed by atoms with van der Waals surface area (Å²) in [7, 11) is 1.62. The molecule has 0 saturated heterocycles. The lowest BCUT2D eigenvalue weighted by atomic mass is 10.1. The Hall–Kier alpha value is -1.07. The average molecular weight is 259 g/mol. The Bertz CT molecular complexity index is 631. The first kappa shape index (κ1) is 11.4. The second-order valence-corrected chi connectivity index (χ2v) is 6.47. The van der Waals surface area contributed by atoms with Gasteiger partial charge in [-0.05, 0) is 24.1 Å². The van der Waals surface area contributed by atoms with Crippen LogP contribution in [0.5, 0.6) is 0 Å². The van der Waals surface area contributed by atoms with Crippen LogP contribution in [0.4, 0.5) is 0 Å². The van der Waals surface area contributed by atoms with Gasteiger partial charge in [0.05, 0.1) is 10.4 Å². The summed E-state index contributed by atoms with van der Waals surface area (Å²) in [5, 5.41) is 7.81. The number of fused-ring (bicyclic) bond motifs is 1. The molecule has 1 N–H and O–H groups in total. The van der Waals surface area contributed by atoms with E-state index >= 15 is 0 Å². The molecule has 0 bridgehead atoms. The quantitative estimate of drug-likeness (QED) is 0.843. The van der Waals surface area contributed by atoms with Crippen molar-refractivity contribution in [2.45, 2.75) is 24.7 Å². The van der Waals surface area contributed by atoms with Crippen molar-refractivity contribution in [2.24, 2.45) is 0 Å². The van der Waals surface area contributed by atoms with Crippen LogP contribution in [0.15, 0.2) is 23.1 Å². The molecular weight excluding hydrogens is 248 g/mol. The maximum absolute atomic E-state index is 11.2. The lowest BCUT2D eigenvalue weighted by molar-refractivity contribution is 0.609. The molecule has 0 spiro atoms. The first-order valence-electron chi connectivity index (χ1n) is 4.82. The number of aromatic nitrogens is 2. The molecule has 1 aromatic carbocycles. The molecule has 0 fully saturated rings. The first-order chi connectivity index (χ1) is 7.39. The molecule has 0 aliphatic rings. The van der Waals surface area contributed by atoms with Gasteiger partial charge < -0.3 is 0 Å². The standard InChI is InChI=1S/C10H11ClN2O2S/c1-6(2)10-8-5-7(16(11,14)15)3-4-9(8)12-13-10/h3-6H,1-2H3,(H,12,13). The van der Waals surface area contributed by atoms with Gasteiger partial charge in [0.2, 0.25) is 0 Å². The monoisotopic (exact) mass is 258 g/mol. The predicted molar refractivity (Wildman–Crippen MR) is 63.2 cm³/mol. The van der Waals surface area contributed by atoms with E-state index in [1.807, 2.05) is 13.8 Å². The highest BCUT2D eigenvalue weighted by molar-refractivity contribution is 8.13. The van der Waals surface area contributed by atoms with E-state index in [0.717, 1.165) is 16.6 Å². The van der Waals surface area contributed by atoms with Gasteiger partial charge in [0, 0.05) is 21.8 Å². The van der Waals surface area contributed by atoms with Crippen LogP contribution in [0.2, 0.25) is 0 Å². The van der Waals surface area contributed by atoms with E-state index < -0.39 is 9.05 Å². The molecule has 0 radical (unpaired) electrons. The van der Waals surface area contributed by atoms with Crippen LogP contribution in [0, 0.1) is 0 Å². The highest BCUT2D eigenvalue weighted by Crippen LogP contribution is 2.26. The lowest BCUT2D eigenvalue weighted by Crippen LogP contribution is -1.91. The highest BCUT2D eigenvalue weighted by atomic mass is 35.7. The Balaban J connectivity index is 2.73. The highest BCUT2D eigenvalue weighted by Gasteiger charge is 2.14. The molecule has 86 valence electrons. The van der Waals surface area contributed by atoms with Crippen molar-refractivity contribution < 1.29 is 8.42 Å². The van der Waals surface area contributed by atoms with E-state index in [1.165, 1.54) is 6.07 Å². The van der Waals surface area contributed by atoms with Gasteiger partial charge in [0.25, 0.3) is 9.05 Å². The van der Waals surface area contributed by atoms with E-state index in [0.29, 0.717) is 0 Å². The van der Waals surface area contributed by atoms with Crippen LogP contribution >= 0.6 is 10.7 Å². The first-order valence-corrected chi connectivity index (χ1v) is 7.13. The van der Waals surface area contributed by atoms with E-state index in [-0.39, 0.29) is 10.8 Å². The van der Waals surface area contributed by atoms with E-state index in [1.54, 1.807) is 12.1 Å². The summed E-state index contributed by atoms with van der Waals surface area (Å²) in [4.78, 5) is 0.102. The molecule has 0 unspecified atom stereocenters. The van der Waals surface area contributed by atoms with Gasteiger partial charge in [-0.25, -0.2) is 8.42 Å². The Kier molecular flexibility index (Phi) is 2.67. The van der Waals surface area contributed by atoms with Crippen molar-refractivity contribution in [1.29, 1.82) is 0 Å². The van der Waals surface area contributed by atoms with Crippen molar-refractivity contribution in [2.75, 3.05) is 0 Å². The van der Waals surface area contributed by atoms with E-state index in [9.17, 15) is 8.42 Å². The lowest BCUT2D eigenvalue weighted by Gasteiger charge is -2.02. The van der Waals surface area contributed by atoms with Crippen molar-refractivity contribution in [3.8, 4) is 0 Å². The van der Waals surface area contributed by atoms with Gasteiger partial charge in [-0.2, -0.15) is 5.10 Å². The zero-order valence-electron chi connectivity index (χ0n) is 8.86. The molecule has 2 aromatic rings. The summed E-state index contributed by atoms with van der Waals surface area (Å²) < 4.78 is 22.4. The van der Waals surface area contributed by atoms with Crippen LogP contribution in [0.3, 0.4) is 0 Å². The number of rotatable bonds is 2. The summed E-state index contributed by atoms with van der Waals surface area (Å²) in [6.45, 7) is 4.02. The molecule has 0 aliphatic heterocycles. The summed E-state index contributed by atoms with van der Waals surface area (Å²) in [6, 6.07) is 4.65. The van der Waals surface area contributed by atoms with Gasteiger partial charge in [-0.1, -0.05) is 13.8 Å². The van der Waals surface area contributed by atoms with Gasteiger partial charge in [-0.15, -0.1) is 0 Å². The van der Waals surface area contributed by atoms with Gasteiger partial charge in [0.1, 0.15) is 0 Å². The number of H-pyrrole nitrogens is 1. The molecule has 16 heavy (non-hydrogen) atoms. The second-order valence-electron chi connectivity index (χ2n) is 3.91. The Labute approximate surface area is 98.0 Å². The number of benzene rings is 1. The fourth-order valence-electron chi connectivity index (χ4n) is 1.60. The topological polar surface area (TPSA) is 62.8 Å². The van der Waals surface area contributed by atoms with Gasteiger partial charge in [0.15, 0.2) is 0 Å². The normalized spacial score (nSPS) is 12.5. The Morgan fingerprint density at radius 2 is 2.06 bits per heavy atom. The molecule has 0 atom stereocenters. The molecule has 1 heterocycles. The maximum Gasteiger partial charge on any atom is 0.261 e. The van der Waals surface area contributed by atoms with Crippen LogP contribution in [0.1, 0.15) is 25.5 Å². The predicted octanol–water partition coefficient (Wildman–Crippen LogP) is 2.61. The summed E-state index contributed by atoms with van der Waals surface area (Å²) >= 11 is 0. The van der Waals surface area contributed by atoms with Crippen LogP contribution in [-0.4, -0.2) is 18.6 Å². The van der Waals surface area contributed by atoms with Crippen molar-refractivity contribution >= 4 is 30.6 Å². The largest absolute Gasteiger partial charge is 0.281 e. The summed E-state index contributed by atoms with van der Waals surface area (Å²) in [5.41, 5.74) is 1.66. The summed E-state index contributed by atoms with van der Waals surface area (Å²) in [5.74, 6) is 0.248. The second kappa shape index (κ2) is 3.75. The minimum atomic E-state index is -3.68. The van der Waals surface area contributed by atoms with E-state index in [4.69, 9.17) is 10.7 Å². The minimum absolute atomic E-state index is 0.102. The number of hydrogen-bond donors (Lipinski definition) is 1. The van der Waals surface area contributed by atoms with Crippen LogP contribution in [-0.2, 0) is 9.05 Å². The van der Waals surface area contributed by atoms with Crippen LogP contribution in [0.25, 0.3) is 10.9 Å². The smallest absolute Gasteiger partial charge is 0.261 e. The Morgan fingerprint density at radius 3 is 2.62 bits per heavy atom. The molecule has 0 saturated carbocycles. The van der Waals surface area contributed by atoms with Crippen molar-refractivity contribution in [3.63, 3.8) is 0 Å². The minimum Gasteiger partial charge on any atom is -0.281 e. The van der Waals surface area contributed by atoms with Crippen molar-refractivity contribution in [3.05, 3.63) is 23.9 Å². The number of aromatic amines is 1. The van der Waals surface area contributed by atoms with Crippen LogP contribution < -0.4 is 0 Å². The third-order valence-electron chi connectivity index (χ3n) is 2.41. The third kappa shape index (κ3) is 1.92. The SMILES string of the molecule is CC(C)c1[nH]nc2ccc(S(=O)(=O)Cl)cc12. The summed E-state index contributed by atoms with van der Waals surface area (Å²) in [6.07, 6.45) is 0. The zero-order valence-corrected chi connectivity index (χ0v) is 10.4. The third-order valence-corrected chi connectivity index (χ3v) is 3.77. The number of halogens is 1. The maximum atomic E-state index is 11.2. The molecule has 1 aromatic heterocycles. The average Bonchev–Trinajstić information content (AvgIpc) is 2.58. The zero-order chi connectivity index (χ0) is 11.9. The molecule has 4 nitrogen and oxygen atoms in total. The number of nitrogens with zero attached hydrogens (tertiary/aromatic N) is 1. The van der Waals surface area contributed by atoms with E-state index in [2.05, 4.69) is 10.2 Å².